The average molecular weight is 516 g/mol. The summed E-state index contributed by atoms with van der Waals surface area (Å²) in [7, 11) is 1.86. The molecule has 0 saturated carbocycles. The fourth-order valence-corrected chi connectivity index (χ4v) is 4.61. The van der Waals surface area contributed by atoms with E-state index in [-0.39, 0.29) is 17.8 Å². The van der Waals surface area contributed by atoms with Crippen molar-refractivity contribution in [1.82, 2.24) is 25.3 Å². The van der Waals surface area contributed by atoms with Gasteiger partial charge in [0.25, 0.3) is 0 Å². The summed E-state index contributed by atoms with van der Waals surface area (Å²) in [6, 6.07) is 14.7. The van der Waals surface area contributed by atoms with Crippen LogP contribution < -0.4 is 10.6 Å². The SMILES string of the molecule is CNCc1nc2ccc(Nc3ncc4c(n3)-c3ccc(Cl)cc3C(c3c(F)cccc3F)=NC4)cc2[nH]1. The van der Waals surface area contributed by atoms with Gasteiger partial charge in [-0.25, -0.2) is 23.7 Å². The minimum Gasteiger partial charge on any atom is -0.341 e. The molecule has 3 N–H and O–H groups in total. The summed E-state index contributed by atoms with van der Waals surface area (Å²) in [6.45, 7) is 0.787. The van der Waals surface area contributed by atoms with Crippen molar-refractivity contribution in [3.8, 4) is 11.3 Å². The van der Waals surface area contributed by atoms with E-state index >= 15 is 0 Å². The number of hydrogen-bond donors (Lipinski definition) is 3. The number of nitrogens with one attached hydrogen (secondary N) is 3. The van der Waals surface area contributed by atoms with Crippen molar-refractivity contribution in [2.24, 2.45) is 4.99 Å². The standard InChI is InChI=1S/C27H20ClF2N7/c1-31-13-23-35-21-8-6-16(10-22(21)36-23)34-27-33-12-14-11-32-26(24-19(29)3-2-4-20(24)30)18-9-15(28)5-7-17(18)25(14)37-27/h2-10,12,31H,11,13H2,1H3,(H,35,36)(H,33,34,37). The maximum Gasteiger partial charge on any atom is 0.227 e. The average Bonchev–Trinajstić information content (AvgIpc) is 3.21. The molecular weight excluding hydrogens is 496 g/mol. The molecule has 7 nitrogen and oxygen atoms in total. The number of anilines is 2. The Bertz CT molecular complexity index is 1680. The predicted octanol–water partition coefficient (Wildman–Crippen LogP) is 5.77. The number of aliphatic imine (C=N–C) groups is 1. The van der Waals surface area contributed by atoms with Crippen LogP contribution in [0.3, 0.4) is 0 Å². The molecule has 6 rings (SSSR count). The number of fused-ring (bicyclic) bond motifs is 4. The number of halogens is 3. The van der Waals surface area contributed by atoms with Gasteiger partial charge in [0.15, 0.2) is 0 Å². The van der Waals surface area contributed by atoms with E-state index in [0.29, 0.717) is 34.3 Å². The van der Waals surface area contributed by atoms with Gasteiger partial charge in [0.1, 0.15) is 17.5 Å². The Labute approximate surface area is 215 Å². The highest BCUT2D eigenvalue weighted by atomic mass is 35.5. The maximum atomic E-state index is 14.8. The van der Waals surface area contributed by atoms with E-state index in [9.17, 15) is 8.78 Å². The van der Waals surface area contributed by atoms with Gasteiger partial charge in [-0.3, -0.25) is 4.99 Å². The molecule has 0 atom stereocenters. The molecule has 0 saturated heterocycles. The lowest BCUT2D eigenvalue weighted by Gasteiger charge is -2.13. The first-order chi connectivity index (χ1) is 18.0. The number of hydrogen-bond acceptors (Lipinski definition) is 6. The highest BCUT2D eigenvalue weighted by Crippen LogP contribution is 2.35. The number of H-pyrrole nitrogens is 1. The van der Waals surface area contributed by atoms with Crippen LogP contribution in [0, 0.1) is 11.6 Å². The normalized spacial score (nSPS) is 12.6. The highest BCUT2D eigenvalue weighted by molar-refractivity contribution is 6.31. The first-order valence-corrected chi connectivity index (χ1v) is 11.9. The summed E-state index contributed by atoms with van der Waals surface area (Å²) < 4.78 is 29.5. The molecule has 1 aliphatic rings. The molecular formula is C27H20ClF2N7. The number of benzene rings is 3. The molecule has 0 bridgehead atoms. The van der Waals surface area contributed by atoms with Gasteiger partial charge in [-0.1, -0.05) is 23.7 Å². The molecule has 0 radical (unpaired) electrons. The van der Waals surface area contributed by atoms with Crippen molar-refractivity contribution in [2.45, 2.75) is 13.1 Å². The Kier molecular flexibility index (Phi) is 5.86. The Hall–Kier alpha value is -4.21. The number of aromatic amines is 1. The second kappa shape index (κ2) is 9.34. The van der Waals surface area contributed by atoms with Gasteiger partial charge >= 0.3 is 0 Å². The van der Waals surface area contributed by atoms with Crippen LogP contribution in [0.2, 0.25) is 5.02 Å². The number of nitrogens with zero attached hydrogens (tertiary/aromatic N) is 4. The summed E-state index contributed by atoms with van der Waals surface area (Å²) in [5.41, 5.74) is 4.99. The molecule has 37 heavy (non-hydrogen) atoms. The Morgan fingerprint density at radius 2 is 1.84 bits per heavy atom. The van der Waals surface area contributed by atoms with Crippen LogP contribution in [-0.4, -0.2) is 32.7 Å². The first kappa shape index (κ1) is 23.2. The second-order valence-electron chi connectivity index (χ2n) is 8.59. The third kappa shape index (κ3) is 4.32. The first-order valence-electron chi connectivity index (χ1n) is 11.6. The molecule has 3 aromatic carbocycles. The van der Waals surface area contributed by atoms with Gasteiger partial charge in [0.05, 0.1) is 41.1 Å². The molecule has 3 heterocycles. The van der Waals surface area contributed by atoms with Gasteiger partial charge in [-0.05, 0) is 49.5 Å². The van der Waals surface area contributed by atoms with Crippen LogP contribution in [0.1, 0.15) is 22.5 Å². The number of rotatable bonds is 5. The van der Waals surface area contributed by atoms with Crippen LogP contribution in [0.25, 0.3) is 22.3 Å². The van der Waals surface area contributed by atoms with Crippen molar-refractivity contribution in [3.05, 3.63) is 100.0 Å². The molecule has 1 aliphatic heterocycles. The van der Waals surface area contributed by atoms with Crippen molar-refractivity contribution in [3.63, 3.8) is 0 Å². The van der Waals surface area contributed by atoms with E-state index < -0.39 is 11.6 Å². The predicted molar refractivity (Wildman–Crippen MR) is 140 cm³/mol. The van der Waals surface area contributed by atoms with Gasteiger partial charge < -0.3 is 15.6 Å². The molecule has 0 aliphatic carbocycles. The Balaban J connectivity index is 1.41. The van der Waals surface area contributed by atoms with E-state index in [1.165, 1.54) is 18.2 Å². The van der Waals surface area contributed by atoms with E-state index in [4.69, 9.17) is 16.6 Å². The fourth-order valence-electron chi connectivity index (χ4n) is 4.44. The lowest BCUT2D eigenvalue weighted by atomic mass is 9.95. The Morgan fingerprint density at radius 1 is 1.00 bits per heavy atom. The van der Waals surface area contributed by atoms with Gasteiger partial charge in [-0.15, -0.1) is 0 Å². The van der Waals surface area contributed by atoms with E-state index in [1.807, 2.05) is 25.2 Å². The quantitative estimate of drug-likeness (QED) is 0.276. The lowest BCUT2D eigenvalue weighted by Crippen LogP contribution is -2.10. The van der Waals surface area contributed by atoms with E-state index in [2.05, 4.69) is 30.6 Å². The third-order valence-corrected chi connectivity index (χ3v) is 6.33. The summed E-state index contributed by atoms with van der Waals surface area (Å²) in [4.78, 5) is 21.6. The minimum atomic E-state index is -0.698. The van der Waals surface area contributed by atoms with Crippen molar-refractivity contribution >= 4 is 40.0 Å². The monoisotopic (exact) mass is 515 g/mol. The molecule has 0 unspecified atom stereocenters. The summed E-state index contributed by atoms with van der Waals surface area (Å²) in [6.07, 6.45) is 1.67. The number of aromatic nitrogens is 4. The smallest absolute Gasteiger partial charge is 0.227 e. The summed E-state index contributed by atoms with van der Waals surface area (Å²) >= 11 is 6.30. The Morgan fingerprint density at radius 3 is 2.65 bits per heavy atom. The topological polar surface area (TPSA) is 90.9 Å². The van der Waals surface area contributed by atoms with Crippen LogP contribution in [0.4, 0.5) is 20.4 Å². The minimum absolute atomic E-state index is 0.152. The summed E-state index contributed by atoms with van der Waals surface area (Å²) in [5, 5.41) is 6.74. The van der Waals surface area contributed by atoms with Gasteiger partial charge in [0, 0.05) is 33.6 Å². The molecule has 5 aromatic rings. The fraction of sp³-hybridized carbons (Fsp3) is 0.111. The van der Waals surface area contributed by atoms with Crippen LogP contribution in [0.5, 0.6) is 0 Å². The van der Waals surface area contributed by atoms with Crippen LogP contribution >= 0.6 is 11.6 Å². The highest BCUT2D eigenvalue weighted by Gasteiger charge is 2.25. The molecule has 184 valence electrons. The van der Waals surface area contributed by atoms with E-state index in [1.54, 1.807) is 24.4 Å². The molecule has 10 heteroatoms. The van der Waals surface area contributed by atoms with Crippen molar-refractivity contribution < 1.29 is 8.78 Å². The van der Waals surface area contributed by atoms with Crippen molar-refractivity contribution in [1.29, 1.82) is 0 Å². The zero-order valence-corrected chi connectivity index (χ0v) is 20.4. The molecule has 0 spiro atoms. The van der Waals surface area contributed by atoms with E-state index in [0.717, 1.165) is 28.1 Å². The zero-order chi connectivity index (χ0) is 25.5. The molecule has 0 amide bonds. The third-order valence-electron chi connectivity index (χ3n) is 6.09. The second-order valence-corrected chi connectivity index (χ2v) is 9.03. The largest absolute Gasteiger partial charge is 0.341 e. The maximum absolute atomic E-state index is 14.8. The lowest BCUT2D eigenvalue weighted by molar-refractivity contribution is 0.579. The van der Waals surface area contributed by atoms with Crippen molar-refractivity contribution in [2.75, 3.05) is 12.4 Å². The molecule has 0 fully saturated rings. The van der Waals surface area contributed by atoms with Gasteiger partial charge in [-0.2, -0.15) is 0 Å². The van der Waals surface area contributed by atoms with Gasteiger partial charge in [0.2, 0.25) is 5.95 Å². The zero-order valence-electron chi connectivity index (χ0n) is 19.6. The van der Waals surface area contributed by atoms with Crippen LogP contribution in [0.15, 0.2) is 65.8 Å². The summed E-state index contributed by atoms with van der Waals surface area (Å²) in [5.74, 6) is -0.185. The molecule has 2 aromatic heterocycles. The number of imidazole rings is 1. The van der Waals surface area contributed by atoms with Crippen LogP contribution in [-0.2, 0) is 13.1 Å².